The number of carbonyl (C=O) groups excluding carboxylic acids is 1. The molecule has 0 unspecified atom stereocenters. The molecule has 0 aliphatic heterocycles. The predicted octanol–water partition coefficient (Wildman–Crippen LogP) is 10.5. The zero-order valence-electron chi connectivity index (χ0n) is 26.2. The van der Waals surface area contributed by atoms with Crippen LogP contribution in [-0.4, -0.2) is 15.9 Å². The third-order valence-electron chi connectivity index (χ3n) is 7.81. The van der Waals surface area contributed by atoms with Crippen molar-refractivity contribution in [1.82, 2.24) is 4.98 Å². The molecule has 3 aromatic carbocycles. The van der Waals surface area contributed by atoms with E-state index in [2.05, 4.69) is 98.6 Å². The molecule has 42 heavy (non-hydrogen) atoms. The van der Waals surface area contributed by atoms with Crippen molar-refractivity contribution >= 4 is 16.6 Å². The summed E-state index contributed by atoms with van der Waals surface area (Å²) in [5, 5.41) is 12.2. The van der Waals surface area contributed by atoms with E-state index in [0.29, 0.717) is 0 Å². The third kappa shape index (κ3) is 9.21. The second-order valence-corrected chi connectivity index (χ2v) is 11.7. The van der Waals surface area contributed by atoms with Crippen molar-refractivity contribution in [3.05, 3.63) is 102 Å². The van der Waals surface area contributed by atoms with Gasteiger partial charge in [0, 0.05) is 49.9 Å². The molecule has 0 spiro atoms. The zero-order valence-corrected chi connectivity index (χ0v) is 28.6. The second-order valence-electron chi connectivity index (χ2n) is 11.7. The van der Waals surface area contributed by atoms with Crippen molar-refractivity contribution in [1.29, 1.82) is 0 Å². The Morgan fingerprint density at radius 1 is 0.833 bits per heavy atom. The first-order valence-corrected chi connectivity index (χ1v) is 15.0. The molecule has 0 amide bonds. The van der Waals surface area contributed by atoms with Crippen LogP contribution in [0.15, 0.2) is 90.8 Å². The van der Waals surface area contributed by atoms with Gasteiger partial charge in [0.1, 0.15) is 0 Å². The molecule has 0 saturated carbocycles. The number of carbonyl (C=O) groups is 1. The summed E-state index contributed by atoms with van der Waals surface area (Å²) in [5.74, 6) is 0.547. The zero-order chi connectivity index (χ0) is 30.0. The van der Waals surface area contributed by atoms with Crippen LogP contribution in [0.25, 0.3) is 33.2 Å². The van der Waals surface area contributed by atoms with Crippen LogP contribution in [0.3, 0.4) is 0 Å². The molecule has 1 N–H and O–H groups in total. The maximum atomic E-state index is 11.7. The van der Waals surface area contributed by atoms with Gasteiger partial charge in [-0.15, -0.1) is 29.1 Å². The standard InChI is InChI=1S/C25H22N.C13H24O2.Ir/c1-25(2,3)23-16-21(15-20-11-7-8-12-22(20)23)24-17-19(13-14-26-24)18-9-5-4-6-10-18;1-5-10(6-2)12(14)9-13(15)11(7-3)8-4;/h4-14,16-17H,1-3H3;9-11,14H,5-8H2,1-4H3;/q-1;;/b;12-9-;. The van der Waals surface area contributed by atoms with E-state index in [1.54, 1.807) is 0 Å². The van der Waals surface area contributed by atoms with Crippen LogP contribution in [-0.2, 0) is 30.3 Å². The largest absolute Gasteiger partial charge is 0.512 e. The molecule has 0 bridgehead atoms. The molecule has 1 radical (unpaired) electrons. The van der Waals surface area contributed by atoms with Gasteiger partial charge in [-0.2, -0.15) is 0 Å². The molecular weight excluding hydrogens is 695 g/mol. The molecule has 4 heteroatoms. The number of hydrogen-bond acceptors (Lipinski definition) is 3. The molecular formula is C38H46IrNO2-. The van der Waals surface area contributed by atoms with E-state index in [9.17, 15) is 9.90 Å². The smallest absolute Gasteiger partial charge is 0.162 e. The van der Waals surface area contributed by atoms with Crippen molar-refractivity contribution in [2.24, 2.45) is 11.8 Å². The second kappa shape index (κ2) is 16.5. The average Bonchev–Trinajstić information content (AvgIpc) is 2.98. The summed E-state index contributed by atoms with van der Waals surface area (Å²) >= 11 is 0. The van der Waals surface area contributed by atoms with E-state index in [1.807, 2.05) is 40.0 Å². The first-order chi connectivity index (χ1) is 19.6. The van der Waals surface area contributed by atoms with Crippen molar-refractivity contribution in [2.45, 2.75) is 79.6 Å². The summed E-state index contributed by atoms with van der Waals surface area (Å²) in [4.78, 5) is 16.3. The Kier molecular flexibility index (Phi) is 13.8. The van der Waals surface area contributed by atoms with Gasteiger partial charge in [0.2, 0.25) is 0 Å². The van der Waals surface area contributed by atoms with Gasteiger partial charge in [-0.25, -0.2) is 0 Å². The quantitative estimate of drug-likeness (QED) is 0.106. The summed E-state index contributed by atoms with van der Waals surface area (Å²) in [6.45, 7) is 14.8. The Morgan fingerprint density at radius 3 is 2.02 bits per heavy atom. The molecule has 4 rings (SSSR count). The summed E-state index contributed by atoms with van der Waals surface area (Å²) < 4.78 is 0. The number of pyridine rings is 1. The van der Waals surface area contributed by atoms with E-state index in [1.165, 1.54) is 28.2 Å². The van der Waals surface area contributed by atoms with E-state index in [4.69, 9.17) is 0 Å². The van der Waals surface area contributed by atoms with Crippen LogP contribution >= 0.6 is 0 Å². The van der Waals surface area contributed by atoms with E-state index < -0.39 is 0 Å². The minimum atomic E-state index is 0. The van der Waals surface area contributed by atoms with Gasteiger partial charge in [0.05, 0.1) is 5.76 Å². The van der Waals surface area contributed by atoms with E-state index >= 15 is 0 Å². The molecule has 225 valence electrons. The van der Waals surface area contributed by atoms with Gasteiger partial charge in [0.15, 0.2) is 5.78 Å². The van der Waals surface area contributed by atoms with Gasteiger partial charge < -0.3 is 5.11 Å². The molecule has 1 heterocycles. The molecule has 0 saturated heterocycles. The first kappa shape index (κ1) is 35.1. The van der Waals surface area contributed by atoms with Gasteiger partial charge in [-0.1, -0.05) is 114 Å². The van der Waals surface area contributed by atoms with Crippen LogP contribution in [0, 0.1) is 17.9 Å². The molecule has 4 aromatic rings. The molecule has 0 fully saturated rings. The maximum absolute atomic E-state index is 11.7. The number of ketones is 1. The Balaban J connectivity index is 0.000000334. The normalized spacial score (nSPS) is 11.7. The molecule has 1 aromatic heterocycles. The average molecular weight is 741 g/mol. The minimum absolute atomic E-state index is 0. The first-order valence-electron chi connectivity index (χ1n) is 15.0. The number of hydrogen-bond donors (Lipinski definition) is 1. The van der Waals surface area contributed by atoms with Crippen LogP contribution in [0.1, 0.15) is 79.7 Å². The van der Waals surface area contributed by atoms with Crippen LogP contribution < -0.4 is 0 Å². The van der Waals surface area contributed by atoms with Crippen molar-refractivity contribution in [3.63, 3.8) is 0 Å². The fourth-order valence-electron chi connectivity index (χ4n) is 5.16. The summed E-state index contributed by atoms with van der Waals surface area (Å²) in [7, 11) is 0. The van der Waals surface area contributed by atoms with E-state index in [0.717, 1.165) is 42.3 Å². The van der Waals surface area contributed by atoms with Crippen molar-refractivity contribution in [2.75, 3.05) is 0 Å². The number of aliphatic hydroxyl groups is 1. The fraction of sp³-hybridized carbons (Fsp3) is 0.368. The molecule has 0 aliphatic rings. The Hall–Kier alpha value is -3.07. The topological polar surface area (TPSA) is 50.2 Å². The Bertz CT molecular complexity index is 1450. The van der Waals surface area contributed by atoms with Gasteiger partial charge in [-0.05, 0) is 48.3 Å². The molecule has 3 nitrogen and oxygen atoms in total. The molecule has 0 atom stereocenters. The maximum Gasteiger partial charge on any atom is 0.162 e. The van der Waals surface area contributed by atoms with Gasteiger partial charge >= 0.3 is 0 Å². The fourth-order valence-corrected chi connectivity index (χ4v) is 5.16. The van der Waals surface area contributed by atoms with Crippen LogP contribution in [0.2, 0.25) is 0 Å². The number of nitrogens with zero attached hydrogens (tertiary/aromatic N) is 1. The monoisotopic (exact) mass is 741 g/mol. The van der Waals surface area contributed by atoms with Gasteiger partial charge in [0.25, 0.3) is 0 Å². The number of fused-ring (bicyclic) bond motifs is 1. The SMILES string of the molecule is CC(C)(C)c1cc(-c2cc(-c3ccccc3)ccn2)[c-]c2ccccc12.CCC(CC)C(=O)/C=C(\O)C(CC)CC.[Ir]. The summed E-state index contributed by atoms with van der Waals surface area (Å²) in [6.07, 6.45) is 6.79. The number of allylic oxidation sites excluding steroid dienone is 2. The number of benzene rings is 3. The Labute approximate surface area is 266 Å². The number of aromatic nitrogens is 1. The summed E-state index contributed by atoms with van der Waals surface area (Å²) in [6, 6.07) is 29.0. The number of rotatable bonds is 9. The van der Waals surface area contributed by atoms with Crippen molar-refractivity contribution < 1.29 is 30.0 Å². The van der Waals surface area contributed by atoms with Crippen molar-refractivity contribution in [3.8, 4) is 22.4 Å². The summed E-state index contributed by atoms with van der Waals surface area (Å²) in [5.41, 5.74) is 5.77. The Morgan fingerprint density at radius 2 is 1.43 bits per heavy atom. The molecule has 0 aliphatic carbocycles. The minimum Gasteiger partial charge on any atom is -0.512 e. The van der Waals surface area contributed by atoms with E-state index in [-0.39, 0.29) is 48.9 Å². The number of aliphatic hydroxyl groups excluding tert-OH is 1. The predicted molar refractivity (Wildman–Crippen MR) is 174 cm³/mol. The van der Waals surface area contributed by atoms with Crippen LogP contribution in [0.5, 0.6) is 0 Å². The third-order valence-corrected chi connectivity index (χ3v) is 7.81. The van der Waals surface area contributed by atoms with Gasteiger partial charge in [-0.3, -0.25) is 9.78 Å². The van der Waals surface area contributed by atoms with Crippen LogP contribution in [0.4, 0.5) is 0 Å².